The summed E-state index contributed by atoms with van der Waals surface area (Å²) in [6, 6.07) is 12.2. The number of halogens is 1. The van der Waals surface area contributed by atoms with E-state index in [-0.39, 0.29) is 16.2 Å². The number of methoxy groups -OCH3 is 1. The molecule has 2 rings (SSSR count). The van der Waals surface area contributed by atoms with E-state index in [1.807, 2.05) is 0 Å². The van der Waals surface area contributed by atoms with Gasteiger partial charge >= 0.3 is 0 Å². The molecule has 0 aromatic heterocycles. The van der Waals surface area contributed by atoms with Gasteiger partial charge in [-0.25, -0.2) is 12.8 Å². The molecular formula is C14H13FO3S. The molecule has 0 aliphatic rings. The largest absolute Gasteiger partial charge is 0.496 e. The van der Waals surface area contributed by atoms with Crippen molar-refractivity contribution in [1.29, 1.82) is 0 Å². The predicted octanol–water partition coefficient (Wildman–Crippen LogP) is 2.81. The molecule has 0 saturated carbocycles. The minimum Gasteiger partial charge on any atom is -0.496 e. The van der Waals surface area contributed by atoms with E-state index in [4.69, 9.17) is 4.74 Å². The standard InChI is InChI=1S/C14H13FO3S/c1-18-14-9-5-8-13(15)12(14)10-19(16,17)11-6-3-2-4-7-11/h2-9H,10H2,1H3. The third kappa shape index (κ3) is 2.93. The molecule has 0 atom stereocenters. The van der Waals surface area contributed by atoms with E-state index in [0.717, 1.165) is 0 Å². The molecule has 100 valence electrons. The smallest absolute Gasteiger partial charge is 0.182 e. The minimum absolute atomic E-state index is 0.0499. The molecule has 19 heavy (non-hydrogen) atoms. The molecule has 0 amide bonds. The van der Waals surface area contributed by atoms with E-state index in [0.29, 0.717) is 0 Å². The van der Waals surface area contributed by atoms with Gasteiger partial charge in [0, 0.05) is 5.56 Å². The molecule has 0 spiro atoms. The Hall–Kier alpha value is -1.88. The summed E-state index contributed by atoms with van der Waals surface area (Å²) in [5, 5.41) is 0. The first-order valence-corrected chi connectivity index (χ1v) is 7.29. The van der Waals surface area contributed by atoms with E-state index in [1.165, 1.54) is 31.4 Å². The van der Waals surface area contributed by atoms with Crippen LogP contribution < -0.4 is 4.74 Å². The Kier molecular flexibility index (Phi) is 3.85. The number of rotatable bonds is 4. The molecular weight excluding hydrogens is 267 g/mol. The van der Waals surface area contributed by atoms with Crippen molar-refractivity contribution in [1.82, 2.24) is 0 Å². The highest BCUT2D eigenvalue weighted by Crippen LogP contribution is 2.26. The van der Waals surface area contributed by atoms with Gasteiger partial charge in [-0.3, -0.25) is 0 Å². The van der Waals surface area contributed by atoms with Gasteiger partial charge in [-0.15, -0.1) is 0 Å². The number of hydrogen-bond donors (Lipinski definition) is 0. The van der Waals surface area contributed by atoms with Crippen molar-refractivity contribution in [2.24, 2.45) is 0 Å². The van der Waals surface area contributed by atoms with E-state index < -0.39 is 21.4 Å². The highest BCUT2D eigenvalue weighted by Gasteiger charge is 2.20. The topological polar surface area (TPSA) is 43.4 Å². The van der Waals surface area contributed by atoms with E-state index in [1.54, 1.807) is 24.3 Å². The normalized spacial score (nSPS) is 11.3. The van der Waals surface area contributed by atoms with Crippen LogP contribution in [0.5, 0.6) is 5.75 Å². The van der Waals surface area contributed by atoms with E-state index in [9.17, 15) is 12.8 Å². The molecule has 0 N–H and O–H groups in total. The van der Waals surface area contributed by atoms with Crippen molar-refractivity contribution < 1.29 is 17.5 Å². The fourth-order valence-electron chi connectivity index (χ4n) is 1.77. The molecule has 0 unspecified atom stereocenters. The summed E-state index contributed by atoms with van der Waals surface area (Å²) >= 11 is 0. The van der Waals surface area contributed by atoms with Crippen LogP contribution in [-0.2, 0) is 15.6 Å². The highest BCUT2D eigenvalue weighted by molar-refractivity contribution is 7.90. The summed E-state index contributed by atoms with van der Waals surface area (Å²) in [7, 11) is -2.21. The molecule has 0 aliphatic heterocycles. The molecule has 0 bridgehead atoms. The molecule has 0 aliphatic carbocycles. The van der Waals surface area contributed by atoms with Gasteiger partial charge in [0.05, 0.1) is 17.8 Å². The lowest BCUT2D eigenvalue weighted by molar-refractivity contribution is 0.406. The van der Waals surface area contributed by atoms with Crippen LogP contribution in [0.4, 0.5) is 4.39 Å². The Morgan fingerprint density at radius 3 is 2.37 bits per heavy atom. The maximum absolute atomic E-state index is 13.7. The molecule has 0 fully saturated rings. The third-order valence-corrected chi connectivity index (χ3v) is 4.39. The number of sulfone groups is 1. The molecule has 0 saturated heterocycles. The van der Waals surface area contributed by atoms with E-state index >= 15 is 0 Å². The fourth-order valence-corrected chi connectivity index (χ4v) is 3.17. The van der Waals surface area contributed by atoms with Crippen molar-refractivity contribution in [2.75, 3.05) is 7.11 Å². The Bertz CT molecular complexity index is 666. The average Bonchev–Trinajstić information content (AvgIpc) is 2.42. The van der Waals surface area contributed by atoms with Gasteiger partial charge in [-0.2, -0.15) is 0 Å². The quantitative estimate of drug-likeness (QED) is 0.865. The SMILES string of the molecule is COc1cccc(F)c1CS(=O)(=O)c1ccccc1. The van der Waals surface area contributed by atoms with Gasteiger partial charge in [-0.05, 0) is 24.3 Å². The first-order chi connectivity index (χ1) is 9.04. The third-order valence-electron chi connectivity index (χ3n) is 2.73. The summed E-state index contributed by atoms with van der Waals surface area (Å²) < 4.78 is 43.1. The first kappa shape index (κ1) is 13.5. The van der Waals surface area contributed by atoms with Crippen LogP contribution in [0.2, 0.25) is 0 Å². The number of benzene rings is 2. The Labute approximate surface area is 111 Å². The average molecular weight is 280 g/mol. The lowest BCUT2D eigenvalue weighted by atomic mass is 10.2. The Balaban J connectivity index is 2.42. The zero-order valence-corrected chi connectivity index (χ0v) is 11.2. The fraction of sp³-hybridized carbons (Fsp3) is 0.143. The summed E-state index contributed by atoms with van der Waals surface area (Å²) in [5.74, 6) is -0.772. The molecule has 3 nitrogen and oxygen atoms in total. The van der Waals surface area contributed by atoms with Crippen LogP contribution in [0, 0.1) is 5.82 Å². The molecule has 0 heterocycles. The van der Waals surface area contributed by atoms with Crippen LogP contribution >= 0.6 is 0 Å². The monoisotopic (exact) mass is 280 g/mol. The predicted molar refractivity (Wildman–Crippen MR) is 70.3 cm³/mol. The van der Waals surface area contributed by atoms with Crippen molar-refractivity contribution >= 4 is 9.84 Å². The minimum atomic E-state index is -3.59. The van der Waals surface area contributed by atoms with Crippen molar-refractivity contribution in [3.05, 3.63) is 59.9 Å². The van der Waals surface area contributed by atoms with Crippen LogP contribution in [-0.4, -0.2) is 15.5 Å². The van der Waals surface area contributed by atoms with Gasteiger partial charge < -0.3 is 4.74 Å². The molecule has 0 radical (unpaired) electrons. The second-order valence-electron chi connectivity index (χ2n) is 3.99. The maximum Gasteiger partial charge on any atom is 0.182 e. The lowest BCUT2D eigenvalue weighted by Gasteiger charge is -2.10. The molecule has 5 heteroatoms. The number of ether oxygens (including phenoxy) is 1. The van der Waals surface area contributed by atoms with Crippen LogP contribution in [0.3, 0.4) is 0 Å². The summed E-state index contributed by atoms with van der Waals surface area (Å²) in [6.07, 6.45) is 0. The van der Waals surface area contributed by atoms with Crippen molar-refractivity contribution in [2.45, 2.75) is 10.6 Å². The van der Waals surface area contributed by atoms with Gasteiger partial charge in [-0.1, -0.05) is 24.3 Å². The van der Waals surface area contributed by atoms with Crippen molar-refractivity contribution in [3.8, 4) is 5.75 Å². The Morgan fingerprint density at radius 1 is 1.05 bits per heavy atom. The van der Waals surface area contributed by atoms with Crippen LogP contribution in [0.15, 0.2) is 53.4 Å². The van der Waals surface area contributed by atoms with Crippen LogP contribution in [0.1, 0.15) is 5.56 Å². The lowest BCUT2D eigenvalue weighted by Crippen LogP contribution is -2.07. The van der Waals surface area contributed by atoms with Crippen LogP contribution in [0.25, 0.3) is 0 Å². The molecule has 2 aromatic rings. The van der Waals surface area contributed by atoms with E-state index in [2.05, 4.69) is 0 Å². The summed E-state index contributed by atoms with van der Waals surface area (Å²) in [6.45, 7) is 0. The van der Waals surface area contributed by atoms with Gasteiger partial charge in [0.15, 0.2) is 9.84 Å². The summed E-state index contributed by atoms with van der Waals surface area (Å²) in [4.78, 5) is 0.167. The molecule has 2 aromatic carbocycles. The van der Waals surface area contributed by atoms with Gasteiger partial charge in [0.1, 0.15) is 11.6 Å². The Morgan fingerprint density at radius 2 is 1.74 bits per heavy atom. The number of hydrogen-bond acceptors (Lipinski definition) is 3. The van der Waals surface area contributed by atoms with Gasteiger partial charge in [0.2, 0.25) is 0 Å². The second kappa shape index (κ2) is 5.40. The zero-order chi connectivity index (χ0) is 13.9. The second-order valence-corrected chi connectivity index (χ2v) is 5.98. The summed E-state index contributed by atoms with van der Waals surface area (Å²) in [5.41, 5.74) is 0.0499. The maximum atomic E-state index is 13.7. The first-order valence-electron chi connectivity index (χ1n) is 5.64. The van der Waals surface area contributed by atoms with Crippen molar-refractivity contribution in [3.63, 3.8) is 0 Å². The zero-order valence-electron chi connectivity index (χ0n) is 10.3. The highest BCUT2D eigenvalue weighted by atomic mass is 32.2. The van der Waals surface area contributed by atoms with Gasteiger partial charge in [0.25, 0.3) is 0 Å².